The van der Waals surface area contributed by atoms with Crippen molar-refractivity contribution >= 4 is 21.8 Å². The van der Waals surface area contributed by atoms with Gasteiger partial charge in [-0.1, -0.05) is 19.3 Å². The minimum atomic E-state index is -3.64. The fourth-order valence-electron chi connectivity index (χ4n) is 4.71. The number of rotatable bonds is 6. The van der Waals surface area contributed by atoms with Gasteiger partial charge < -0.3 is 15.0 Å². The van der Waals surface area contributed by atoms with E-state index in [2.05, 4.69) is 25.4 Å². The lowest BCUT2D eigenvalue weighted by Gasteiger charge is -2.33. The summed E-state index contributed by atoms with van der Waals surface area (Å²) >= 11 is 0. The zero-order valence-electron chi connectivity index (χ0n) is 21.5. The molecule has 1 saturated heterocycles. The van der Waals surface area contributed by atoms with E-state index in [4.69, 9.17) is 4.74 Å². The van der Waals surface area contributed by atoms with Crippen LogP contribution in [0.2, 0.25) is 0 Å². The van der Waals surface area contributed by atoms with E-state index in [9.17, 15) is 13.2 Å². The maximum atomic E-state index is 12.6. The lowest BCUT2D eigenvalue weighted by molar-refractivity contribution is 0.0160. The van der Waals surface area contributed by atoms with Crippen molar-refractivity contribution in [2.24, 2.45) is 0 Å². The van der Waals surface area contributed by atoms with Crippen molar-refractivity contribution in [3.63, 3.8) is 0 Å². The van der Waals surface area contributed by atoms with Gasteiger partial charge in [0, 0.05) is 30.4 Å². The Bertz CT molecular complexity index is 1170. The number of benzene rings is 1. The van der Waals surface area contributed by atoms with E-state index < -0.39 is 15.6 Å². The predicted octanol–water partition coefficient (Wildman–Crippen LogP) is 3.56. The summed E-state index contributed by atoms with van der Waals surface area (Å²) in [5.41, 5.74) is 0.807. The molecule has 4 rings (SSSR count). The summed E-state index contributed by atoms with van der Waals surface area (Å²) in [4.78, 5) is 15.9. The van der Waals surface area contributed by atoms with Gasteiger partial charge in [0.1, 0.15) is 5.60 Å². The molecule has 12 heteroatoms. The van der Waals surface area contributed by atoms with E-state index >= 15 is 0 Å². The van der Waals surface area contributed by atoms with Crippen LogP contribution in [0, 0.1) is 0 Å². The lowest BCUT2D eigenvalue weighted by atomic mass is 9.95. The van der Waals surface area contributed by atoms with Crippen molar-refractivity contribution in [1.29, 1.82) is 0 Å². The Morgan fingerprint density at radius 1 is 1.11 bits per heavy atom. The second-order valence-electron chi connectivity index (χ2n) is 10.6. The number of piperidine rings is 1. The van der Waals surface area contributed by atoms with E-state index in [0.29, 0.717) is 30.5 Å². The van der Waals surface area contributed by atoms with E-state index in [1.807, 2.05) is 20.8 Å². The van der Waals surface area contributed by atoms with Crippen molar-refractivity contribution in [3.8, 4) is 11.4 Å². The van der Waals surface area contributed by atoms with Gasteiger partial charge in [-0.25, -0.2) is 17.9 Å². The number of tetrazole rings is 1. The number of likely N-dealkylation sites (tertiary alicyclic amines) is 1. The van der Waals surface area contributed by atoms with Crippen LogP contribution in [0.3, 0.4) is 0 Å². The molecule has 11 nitrogen and oxygen atoms in total. The molecule has 198 valence electrons. The van der Waals surface area contributed by atoms with Crippen LogP contribution in [0.25, 0.3) is 11.4 Å². The third kappa shape index (κ3) is 6.33. The second-order valence-corrected chi connectivity index (χ2v) is 12.4. The Balaban J connectivity index is 1.59. The van der Waals surface area contributed by atoms with Gasteiger partial charge in [-0.2, -0.15) is 4.80 Å². The number of carbonyl (C=O) groups is 1. The maximum Gasteiger partial charge on any atom is 0.410 e. The molecule has 0 unspecified atom stereocenters. The molecule has 2 aromatic rings. The van der Waals surface area contributed by atoms with Gasteiger partial charge >= 0.3 is 6.09 Å². The molecular weight excluding hydrogens is 482 g/mol. The molecule has 1 atom stereocenters. The third-order valence-electron chi connectivity index (χ3n) is 6.58. The molecule has 1 aliphatic heterocycles. The molecule has 0 radical (unpaired) electrons. The molecule has 0 bridgehead atoms. The summed E-state index contributed by atoms with van der Waals surface area (Å²) in [5.74, 6) is 0.343. The highest BCUT2D eigenvalue weighted by atomic mass is 32.2. The standard InChI is InChI=1S/C24H37N7O4S/c1-24(2,3)35-23(32)30-14-8-11-18(16-30)31-28-22(27-29-31)20-15-19(36(33,34)25-4)12-13-21(20)26-17-9-6-5-7-10-17/h12-13,15,17-18,25-26H,5-11,14,16H2,1-4H3/t18-/m0/s1. The normalized spacial score (nSPS) is 19.8. The first-order chi connectivity index (χ1) is 17.1. The van der Waals surface area contributed by atoms with Gasteiger partial charge in [0.25, 0.3) is 0 Å². The molecule has 1 saturated carbocycles. The first-order valence-corrected chi connectivity index (χ1v) is 14.2. The number of hydrogen-bond donors (Lipinski definition) is 2. The summed E-state index contributed by atoms with van der Waals surface area (Å²) < 4.78 is 32.9. The number of sulfonamides is 1. The highest BCUT2D eigenvalue weighted by Crippen LogP contribution is 2.32. The largest absolute Gasteiger partial charge is 0.444 e. The fraction of sp³-hybridized carbons (Fsp3) is 0.667. The minimum Gasteiger partial charge on any atom is -0.444 e. The zero-order valence-corrected chi connectivity index (χ0v) is 22.3. The minimum absolute atomic E-state index is 0.138. The monoisotopic (exact) mass is 519 g/mol. The Kier molecular flexibility index (Phi) is 7.84. The zero-order chi connectivity index (χ0) is 25.9. The molecule has 1 aromatic carbocycles. The highest BCUT2D eigenvalue weighted by molar-refractivity contribution is 7.89. The molecule has 1 amide bonds. The van der Waals surface area contributed by atoms with Crippen molar-refractivity contribution in [2.45, 2.75) is 88.3 Å². The second kappa shape index (κ2) is 10.7. The van der Waals surface area contributed by atoms with Gasteiger partial charge in [-0.3, -0.25) is 0 Å². The SMILES string of the molecule is CNS(=O)(=O)c1ccc(NC2CCCCC2)c(-c2nnn([C@H]3CCCN(C(=O)OC(C)(C)C)C3)n2)c1. The molecule has 2 N–H and O–H groups in total. The van der Waals surface area contributed by atoms with Crippen molar-refractivity contribution in [2.75, 3.05) is 25.5 Å². The number of amides is 1. The summed E-state index contributed by atoms with van der Waals surface area (Å²) in [5, 5.41) is 16.8. The van der Waals surface area contributed by atoms with Crippen molar-refractivity contribution in [3.05, 3.63) is 18.2 Å². The first kappa shape index (κ1) is 26.3. The summed E-state index contributed by atoms with van der Waals surface area (Å²) in [6, 6.07) is 5.13. The quantitative estimate of drug-likeness (QED) is 0.592. The van der Waals surface area contributed by atoms with Crippen LogP contribution in [-0.4, -0.2) is 71.4 Å². The molecule has 0 spiro atoms. The highest BCUT2D eigenvalue weighted by Gasteiger charge is 2.30. The molecule has 2 fully saturated rings. The van der Waals surface area contributed by atoms with Crippen molar-refractivity contribution < 1.29 is 17.9 Å². The van der Waals surface area contributed by atoms with Crippen LogP contribution in [0.1, 0.15) is 71.8 Å². The number of ether oxygens (including phenoxy) is 1. The van der Waals surface area contributed by atoms with E-state index in [1.165, 1.54) is 31.1 Å². The third-order valence-corrected chi connectivity index (χ3v) is 7.99. The van der Waals surface area contributed by atoms with Crippen LogP contribution in [0.4, 0.5) is 10.5 Å². The van der Waals surface area contributed by atoms with Gasteiger partial charge in [0.2, 0.25) is 15.8 Å². The smallest absolute Gasteiger partial charge is 0.410 e. The summed E-state index contributed by atoms with van der Waals surface area (Å²) in [6.45, 7) is 6.58. The number of carbonyl (C=O) groups excluding carboxylic acids is 1. The van der Waals surface area contributed by atoms with Crippen molar-refractivity contribution in [1.82, 2.24) is 29.8 Å². The van der Waals surface area contributed by atoms with Gasteiger partial charge in [-0.15, -0.1) is 10.2 Å². The van der Waals surface area contributed by atoms with E-state index in [1.54, 1.807) is 23.1 Å². The Labute approximate surface area is 213 Å². The van der Waals surface area contributed by atoms with E-state index in [-0.39, 0.29) is 17.0 Å². The number of nitrogens with zero attached hydrogens (tertiary/aromatic N) is 5. The molecule has 2 aliphatic rings. The molecule has 1 aromatic heterocycles. The van der Waals surface area contributed by atoms with Crippen LogP contribution < -0.4 is 10.0 Å². The van der Waals surface area contributed by atoms with Crippen LogP contribution in [0.15, 0.2) is 23.1 Å². The van der Waals surface area contributed by atoms with Gasteiger partial charge in [0.05, 0.1) is 10.9 Å². The fourth-order valence-corrected chi connectivity index (χ4v) is 5.47. The average molecular weight is 520 g/mol. The molecule has 1 aliphatic carbocycles. The first-order valence-electron chi connectivity index (χ1n) is 12.7. The van der Waals surface area contributed by atoms with Crippen LogP contribution >= 0.6 is 0 Å². The summed E-state index contributed by atoms with van der Waals surface area (Å²) in [6.07, 6.45) is 6.96. The Morgan fingerprint density at radius 2 is 1.86 bits per heavy atom. The molecule has 2 heterocycles. The maximum absolute atomic E-state index is 12.6. The Hall–Kier alpha value is -2.73. The number of aromatic nitrogens is 4. The number of hydrogen-bond acceptors (Lipinski definition) is 8. The van der Waals surface area contributed by atoms with Gasteiger partial charge in [-0.05, 0) is 76.9 Å². The summed E-state index contributed by atoms with van der Waals surface area (Å²) in [7, 11) is -2.26. The van der Waals surface area contributed by atoms with Gasteiger partial charge in [0.15, 0.2) is 0 Å². The topological polar surface area (TPSA) is 131 Å². The van der Waals surface area contributed by atoms with E-state index in [0.717, 1.165) is 31.4 Å². The predicted molar refractivity (Wildman–Crippen MR) is 136 cm³/mol. The number of nitrogens with one attached hydrogen (secondary N) is 2. The average Bonchev–Trinajstić information content (AvgIpc) is 3.34. The molecule has 36 heavy (non-hydrogen) atoms. The Morgan fingerprint density at radius 3 is 2.56 bits per heavy atom. The van der Waals surface area contributed by atoms with Crippen LogP contribution in [-0.2, 0) is 14.8 Å². The lowest BCUT2D eigenvalue weighted by Crippen LogP contribution is -2.43. The number of anilines is 1. The van der Waals surface area contributed by atoms with Crippen LogP contribution in [0.5, 0.6) is 0 Å². The molecular formula is C24H37N7O4S.